The number of carbonyl (C=O) groups is 1. The molecule has 2 aliphatic carbocycles. The van der Waals surface area contributed by atoms with Crippen molar-refractivity contribution >= 4 is 14.6 Å². The number of carbonyl (C=O) groups excluding carboxylic acids is 1. The third-order valence-electron chi connectivity index (χ3n) is 7.09. The quantitative estimate of drug-likeness (QED) is 0.470. The summed E-state index contributed by atoms with van der Waals surface area (Å²) in [5, 5.41) is 0. The topological polar surface area (TPSA) is 26.3 Å². The van der Waals surface area contributed by atoms with Crippen molar-refractivity contribution in [3.05, 3.63) is 0 Å². The van der Waals surface area contributed by atoms with Crippen LogP contribution in [0.3, 0.4) is 0 Å². The van der Waals surface area contributed by atoms with E-state index in [-0.39, 0.29) is 5.92 Å². The Morgan fingerprint density at radius 3 is 2.27 bits per heavy atom. The lowest BCUT2D eigenvalue weighted by molar-refractivity contribution is -0.113. The van der Waals surface area contributed by atoms with Gasteiger partial charge < -0.3 is 9.22 Å². The third kappa shape index (κ3) is 3.35. The van der Waals surface area contributed by atoms with Gasteiger partial charge in [-0.25, -0.2) is 0 Å². The zero-order valence-electron chi connectivity index (χ0n) is 15.3. The Bertz CT molecular complexity index is 358. The second-order valence-electron chi connectivity index (χ2n) is 7.93. The smallest absolute Gasteiger partial charge is 0.192 e. The van der Waals surface area contributed by atoms with Crippen LogP contribution in [0.1, 0.15) is 60.3 Å². The van der Waals surface area contributed by atoms with Crippen LogP contribution in [0.4, 0.5) is 0 Å². The standard InChI is InChI=1S/C19H36O2Si/c1-6-22(7-2,8-3)21-18-12-9-14(4)19-16(15(5)13-20)10-11-17(18)19/h13-19H,6-12H2,1-5H3/t14-,15?,16?,17?,18?,19?/m1/s1. The molecule has 0 radical (unpaired) electrons. The number of fused-ring (bicyclic) bond motifs is 1. The van der Waals surface area contributed by atoms with Crippen molar-refractivity contribution in [2.75, 3.05) is 0 Å². The first-order valence-electron chi connectivity index (χ1n) is 9.65. The molecule has 2 rings (SSSR count). The summed E-state index contributed by atoms with van der Waals surface area (Å²) < 4.78 is 6.90. The monoisotopic (exact) mass is 324 g/mol. The van der Waals surface area contributed by atoms with E-state index >= 15 is 0 Å². The minimum absolute atomic E-state index is 0.224. The molecule has 0 aromatic rings. The van der Waals surface area contributed by atoms with Gasteiger partial charge in [0.1, 0.15) is 6.29 Å². The van der Waals surface area contributed by atoms with E-state index in [1.165, 1.54) is 50.1 Å². The molecule has 0 saturated heterocycles. The molecule has 5 unspecified atom stereocenters. The maximum Gasteiger partial charge on any atom is 0.192 e. The molecule has 0 aromatic heterocycles. The molecule has 2 nitrogen and oxygen atoms in total. The van der Waals surface area contributed by atoms with Crippen LogP contribution in [0.25, 0.3) is 0 Å². The molecule has 0 N–H and O–H groups in total. The second kappa shape index (κ2) is 7.61. The molecule has 2 aliphatic rings. The molecular formula is C19H36O2Si. The van der Waals surface area contributed by atoms with E-state index in [0.29, 0.717) is 17.9 Å². The van der Waals surface area contributed by atoms with Crippen molar-refractivity contribution in [2.24, 2.45) is 29.6 Å². The summed E-state index contributed by atoms with van der Waals surface area (Å²) >= 11 is 0. The Labute approximate surface area is 138 Å². The zero-order valence-corrected chi connectivity index (χ0v) is 16.3. The van der Waals surface area contributed by atoms with Crippen LogP contribution in [0.2, 0.25) is 18.1 Å². The Balaban J connectivity index is 2.14. The highest BCUT2D eigenvalue weighted by atomic mass is 28.4. The molecular weight excluding hydrogens is 288 g/mol. The summed E-state index contributed by atoms with van der Waals surface area (Å²) in [7, 11) is -1.51. The van der Waals surface area contributed by atoms with Gasteiger partial charge in [0, 0.05) is 12.0 Å². The number of rotatable bonds is 7. The average Bonchev–Trinajstić information content (AvgIpc) is 3.00. The second-order valence-corrected chi connectivity index (χ2v) is 12.7. The van der Waals surface area contributed by atoms with Gasteiger partial charge in [0.25, 0.3) is 0 Å². The molecule has 0 bridgehead atoms. The van der Waals surface area contributed by atoms with Crippen molar-refractivity contribution in [1.29, 1.82) is 0 Å². The first-order chi connectivity index (χ1) is 10.5. The maximum atomic E-state index is 11.3. The van der Waals surface area contributed by atoms with Crippen LogP contribution in [0, 0.1) is 29.6 Å². The molecule has 0 amide bonds. The molecule has 6 atom stereocenters. The fraction of sp³-hybridized carbons (Fsp3) is 0.947. The highest BCUT2D eigenvalue weighted by Gasteiger charge is 2.49. The van der Waals surface area contributed by atoms with Gasteiger partial charge >= 0.3 is 0 Å². The molecule has 2 saturated carbocycles. The van der Waals surface area contributed by atoms with E-state index in [4.69, 9.17) is 4.43 Å². The van der Waals surface area contributed by atoms with E-state index in [1.807, 2.05) is 0 Å². The van der Waals surface area contributed by atoms with Crippen molar-refractivity contribution < 1.29 is 9.22 Å². The summed E-state index contributed by atoms with van der Waals surface area (Å²) in [5.41, 5.74) is 0. The summed E-state index contributed by atoms with van der Waals surface area (Å²) in [6.07, 6.45) is 6.72. The lowest BCUT2D eigenvalue weighted by Crippen LogP contribution is -2.46. The minimum Gasteiger partial charge on any atom is -0.414 e. The SMILES string of the molecule is CC[Si](CC)(CC)OC1CC[C@@H](C)C2C(C(C)C=O)CCC12. The van der Waals surface area contributed by atoms with E-state index in [1.54, 1.807) is 0 Å². The minimum atomic E-state index is -1.51. The third-order valence-corrected chi connectivity index (χ3v) is 11.8. The average molecular weight is 325 g/mol. The molecule has 0 spiro atoms. The fourth-order valence-electron chi connectivity index (χ4n) is 5.38. The largest absolute Gasteiger partial charge is 0.414 e. The first kappa shape index (κ1) is 18.2. The number of aldehydes is 1. The Hall–Kier alpha value is -0.153. The van der Waals surface area contributed by atoms with Crippen LogP contribution < -0.4 is 0 Å². The predicted octanol–water partition coefficient (Wildman–Crippen LogP) is 5.28. The van der Waals surface area contributed by atoms with Gasteiger partial charge in [0.15, 0.2) is 8.32 Å². The van der Waals surface area contributed by atoms with Crippen LogP contribution in [0.15, 0.2) is 0 Å². The molecule has 0 aromatic carbocycles. The Morgan fingerprint density at radius 1 is 1.09 bits per heavy atom. The van der Waals surface area contributed by atoms with Gasteiger partial charge in [0.05, 0.1) is 0 Å². The molecule has 22 heavy (non-hydrogen) atoms. The van der Waals surface area contributed by atoms with Crippen molar-refractivity contribution in [3.63, 3.8) is 0 Å². The molecule has 0 heterocycles. The van der Waals surface area contributed by atoms with E-state index < -0.39 is 8.32 Å². The van der Waals surface area contributed by atoms with E-state index in [0.717, 1.165) is 11.8 Å². The molecule has 3 heteroatoms. The van der Waals surface area contributed by atoms with Gasteiger partial charge in [-0.2, -0.15) is 0 Å². The summed E-state index contributed by atoms with van der Waals surface area (Å²) in [5.74, 6) is 3.02. The van der Waals surface area contributed by atoms with Crippen molar-refractivity contribution in [2.45, 2.75) is 84.5 Å². The predicted molar refractivity (Wildman–Crippen MR) is 95.4 cm³/mol. The van der Waals surface area contributed by atoms with Crippen LogP contribution in [-0.4, -0.2) is 20.7 Å². The van der Waals surface area contributed by atoms with Crippen molar-refractivity contribution in [3.8, 4) is 0 Å². The first-order valence-corrected chi connectivity index (χ1v) is 12.2. The Morgan fingerprint density at radius 2 is 1.73 bits per heavy atom. The highest BCUT2D eigenvalue weighted by molar-refractivity contribution is 6.73. The van der Waals surface area contributed by atoms with Gasteiger partial charge in [-0.15, -0.1) is 0 Å². The number of hydrogen-bond donors (Lipinski definition) is 0. The maximum absolute atomic E-state index is 11.3. The lowest BCUT2D eigenvalue weighted by Gasteiger charge is -2.44. The summed E-state index contributed by atoms with van der Waals surface area (Å²) in [6.45, 7) is 11.5. The van der Waals surface area contributed by atoms with Crippen LogP contribution >= 0.6 is 0 Å². The zero-order chi connectivity index (χ0) is 16.3. The summed E-state index contributed by atoms with van der Waals surface area (Å²) in [4.78, 5) is 11.3. The van der Waals surface area contributed by atoms with Gasteiger partial charge in [-0.05, 0) is 67.5 Å². The lowest BCUT2D eigenvalue weighted by atomic mass is 9.68. The van der Waals surface area contributed by atoms with Crippen LogP contribution in [0.5, 0.6) is 0 Å². The molecule has 2 fully saturated rings. The van der Waals surface area contributed by atoms with E-state index in [2.05, 4.69) is 34.6 Å². The fourth-order valence-corrected chi connectivity index (χ4v) is 8.32. The molecule has 0 aliphatic heterocycles. The Kier molecular flexibility index (Phi) is 6.29. The molecule has 128 valence electrons. The highest BCUT2D eigenvalue weighted by Crippen LogP contribution is 2.52. The van der Waals surface area contributed by atoms with Crippen molar-refractivity contribution in [1.82, 2.24) is 0 Å². The van der Waals surface area contributed by atoms with Gasteiger partial charge in [0.2, 0.25) is 0 Å². The van der Waals surface area contributed by atoms with Gasteiger partial charge in [-0.3, -0.25) is 0 Å². The van der Waals surface area contributed by atoms with Crippen LogP contribution in [-0.2, 0) is 9.22 Å². The summed E-state index contributed by atoms with van der Waals surface area (Å²) in [6, 6.07) is 3.74. The van der Waals surface area contributed by atoms with Gasteiger partial charge in [-0.1, -0.05) is 34.6 Å². The van der Waals surface area contributed by atoms with E-state index in [9.17, 15) is 4.79 Å². The number of hydrogen-bond acceptors (Lipinski definition) is 2. The normalized spacial score (nSPS) is 36.9.